The lowest BCUT2D eigenvalue weighted by Crippen LogP contribution is -2.42. The molecule has 0 saturated carbocycles. The zero-order valence-corrected chi connectivity index (χ0v) is 14.3. The third-order valence-corrected chi connectivity index (χ3v) is 3.43. The van der Waals surface area contributed by atoms with Crippen molar-refractivity contribution in [3.63, 3.8) is 0 Å². The normalized spacial score (nSPS) is 10.0. The smallest absolute Gasteiger partial charge is 0.253 e. The lowest BCUT2D eigenvalue weighted by atomic mass is 10.2. The first-order valence-corrected chi connectivity index (χ1v) is 7.96. The summed E-state index contributed by atoms with van der Waals surface area (Å²) in [6, 6.07) is 4.45. The summed E-state index contributed by atoms with van der Waals surface area (Å²) < 4.78 is 0. The van der Waals surface area contributed by atoms with Crippen molar-refractivity contribution >= 4 is 40.9 Å². The molecule has 1 aromatic carbocycles. The summed E-state index contributed by atoms with van der Waals surface area (Å²) in [5, 5.41) is 8.13. The minimum Gasteiger partial charge on any atom is -0.355 e. The van der Waals surface area contributed by atoms with Crippen molar-refractivity contribution in [1.29, 1.82) is 0 Å². The van der Waals surface area contributed by atoms with Crippen molar-refractivity contribution in [2.45, 2.75) is 19.8 Å². The van der Waals surface area contributed by atoms with Crippen LogP contribution < -0.4 is 16.0 Å². The van der Waals surface area contributed by atoms with Crippen LogP contribution in [0.3, 0.4) is 0 Å². The van der Waals surface area contributed by atoms with Gasteiger partial charge in [-0.25, -0.2) is 0 Å². The van der Waals surface area contributed by atoms with Gasteiger partial charge < -0.3 is 16.0 Å². The summed E-state index contributed by atoms with van der Waals surface area (Å²) in [6.07, 6.45) is 1.86. The van der Waals surface area contributed by atoms with E-state index in [1.165, 1.54) is 18.2 Å². The minimum absolute atomic E-state index is 0.125. The van der Waals surface area contributed by atoms with Gasteiger partial charge in [-0.2, -0.15) is 0 Å². The Morgan fingerprint density at radius 1 is 1.00 bits per heavy atom. The Balaban J connectivity index is 2.32. The first-order chi connectivity index (χ1) is 10.9. The quantitative estimate of drug-likeness (QED) is 0.618. The van der Waals surface area contributed by atoms with Gasteiger partial charge in [0.25, 0.3) is 5.91 Å². The molecule has 0 atom stereocenters. The molecule has 0 heterocycles. The van der Waals surface area contributed by atoms with E-state index in [1.807, 2.05) is 6.92 Å². The zero-order valence-electron chi connectivity index (χ0n) is 12.7. The molecule has 0 unspecified atom stereocenters. The maximum Gasteiger partial charge on any atom is 0.253 e. The van der Waals surface area contributed by atoms with Crippen molar-refractivity contribution in [3.05, 3.63) is 33.8 Å². The second-order valence-electron chi connectivity index (χ2n) is 4.79. The summed E-state index contributed by atoms with van der Waals surface area (Å²) in [7, 11) is 0. The van der Waals surface area contributed by atoms with Gasteiger partial charge in [-0.3, -0.25) is 14.4 Å². The van der Waals surface area contributed by atoms with E-state index in [0.29, 0.717) is 11.6 Å². The van der Waals surface area contributed by atoms with Crippen LogP contribution in [0.4, 0.5) is 0 Å². The highest BCUT2D eigenvalue weighted by Crippen LogP contribution is 2.20. The van der Waals surface area contributed by atoms with E-state index in [9.17, 15) is 14.4 Å². The molecule has 23 heavy (non-hydrogen) atoms. The molecule has 0 aliphatic rings. The Morgan fingerprint density at radius 2 is 1.65 bits per heavy atom. The summed E-state index contributed by atoms with van der Waals surface area (Å²) in [5.74, 6) is -1.22. The topological polar surface area (TPSA) is 87.3 Å². The summed E-state index contributed by atoms with van der Waals surface area (Å²) in [6.45, 7) is 2.22. The average molecular weight is 360 g/mol. The molecule has 3 N–H and O–H groups in total. The van der Waals surface area contributed by atoms with Crippen molar-refractivity contribution < 1.29 is 14.4 Å². The summed E-state index contributed by atoms with van der Waals surface area (Å²) in [4.78, 5) is 34.9. The van der Waals surface area contributed by atoms with Crippen LogP contribution >= 0.6 is 23.2 Å². The summed E-state index contributed by atoms with van der Waals surface area (Å²) in [5.41, 5.74) is 0.223. The number of unbranched alkanes of at least 4 members (excludes halogenated alkanes) is 1. The number of halogens is 2. The largest absolute Gasteiger partial charge is 0.355 e. The molecule has 126 valence electrons. The number of hydrogen-bond donors (Lipinski definition) is 3. The van der Waals surface area contributed by atoms with Gasteiger partial charge in [-0.1, -0.05) is 36.5 Å². The van der Waals surface area contributed by atoms with E-state index in [2.05, 4.69) is 16.0 Å². The Hall–Kier alpha value is -1.79. The molecule has 3 amide bonds. The SMILES string of the molecule is CCCCNC(=O)CNC(=O)CNC(=O)c1ccc(Cl)cc1Cl. The number of carbonyl (C=O) groups excluding carboxylic acids is 3. The third-order valence-electron chi connectivity index (χ3n) is 2.88. The number of rotatable bonds is 8. The van der Waals surface area contributed by atoms with Gasteiger partial charge in [0, 0.05) is 11.6 Å². The molecule has 0 aliphatic carbocycles. The number of carbonyl (C=O) groups is 3. The van der Waals surface area contributed by atoms with Crippen LogP contribution in [0, 0.1) is 0 Å². The van der Waals surface area contributed by atoms with E-state index in [1.54, 1.807) is 0 Å². The van der Waals surface area contributed by atoms with Gasteiger partial charge in [0.15, 0.2) is 0 Å². The van der Waals surface area contributed by atoms with Crippen LogP contribution in [0.5, 0.6) is 0 Å². The highest BCUT2D eigenvalue weighted by molar-refractivity contribution is 6.36. The monoisotopic (exact) mass is 359 g/mol. The van der Waals surface area contributed by atoms with E-state index in [4.69, 9.17) is 23.2 Å². The fraction of sp³-hybridized carbons (Fsp3) is 0.400. The molecule has 0 aliphatic heterocycles. The highest BCUT2D eigenvalue weighted by atomic mass is 35.5. The number of amides is 3. The number of nitrogens with one attached hydrogen (secondary N) is 3. The standard InChI is InChI=1S/C15H19Cl2N3O3/c1-2-3-6-18-13(21)8-19-14(22)9-20-15(23)11-5-4-10(16)7-12(11)17/h4-5,7H,2-3,6,8-9H2,1H3,(H,18,21)(H,19,22)(H,20,23). The van der Waals surface area contributed by atoms with Crippen LogP contribution in [-0.2, 0) is 9.59 Å². The van der Waals surface area contributed by atoms with Crippen LogP contribution in [0.25, 0.3) is 0 Å². The zero-order chi connectivity index (χ0) is 17.2. The second-order valence-corrected chi connectivity index (χ2v) is 5.63. The first kappa shape index (κ1) is 19.3. The van der Waals surface area contributed by atoms with Crippen LogP contribution in [-0.4, -0.2) is 37.4 Å². The van der Waals surface area contributed by atoms with Gasteiger partial charge in [-0.05, 0) is 24.6 Å². The number of hydrogen-bond acceptors (Lipinski definition) is 3. The summed E-state index contributed by atoms with van der Waals surface area (Å²) >= 11 is 11.7. The number of benzene rings is 1. The predicted octanol–water partition coefficient (Wildman–Crippen LogP) is 1.76. The van der Waals surface area contributed by atoms with Crippen molar-refractivity contribution in [2.75, 3.05) is 19.6 Å². The second kappa shape index (κ2) is 10.1. The molecule has 6 nitrogen and oxygen atoms in total. The van der Waals surface area contributed by atoms with Crippen molar-refractivity contribution in [3.8, 4) is 0 Å². The lowest BCUT2D eigenvalue weighted by Gasteiger charge is -2.08. The molecule has 0 aromatic heterocycles. The molecule has 0 saturated heterocycles. The van der Waals surface area contributed by atoms with Crippen molar-refractivity contribution in [1.82, 2.24) is 16.0 Å². The molecule has 0 spiro atoms. The molecule has 8 heteroatoms. The van der Waals surface area contributed by atoms with Crippen molar-refractivity contribution in [2.24, 2.45) is 0 Å². The minimum atomic E-state index is -0.491. The van der Waals surface area contributed by atoms with Crippen LogP contribution in [0.2, 0.25) is 10.0 Å². The van der Waals surface area contributed by atoms with Gasteiger partial charge in [0.1, 0.15) is 0 Å². The Labute approximate surface area is 144 Å². The van der Waals surface area contributed by atoms with Crippen LogP contribution in [0.1, 0.15) is 30.1 Å². The molecule has 1 aromatic rings. The van der Waals surface area contributed by atoms with E-state index < -0.39 is 11.8 Å². The average Bonchev–Trinajstić information content (AvgIpc) is 2.51. The van der Waals surface area contributed by atoms with E-state index in [-0.39, 0.29) is 29.6 Å². The molecule has 0 bridgehead atoms. The predicted molar refractivity (Wildman–Crippen MR) is 89.7 cm³/mol. The fourth-order valence-electron chi connectivity index (χ4n) is 1.64. The first-order valence-electron chi connectivity index (χ1n) is 7.20. The molecular weight excluding hydrogens is 341 g/mol. The Kier molecular flexibility index (Phi) is 8.43. The van der Waals surface area contributed by atoms with Gasteiger partial charge in [0.05, 0.1) is 23.7 Å². The Bertz CT molecular complexity index is 579. The maximum atomic E-state index is 11.9. The van der Waals surface area contributed by atoms with Gasteiger partial charge >= 0.3 is 0 Å². The highest BCUT2D eigenvalue weighted by Gasteiger charge is 2.12. The lowest BCUT2D eigenvalue weighted by molar-refractivity contribution is -0.125. The van der Waals surface area contributed by atoms with Gasteiger partial charge in [0.2, 0.25) is 11.8 Å². The molecular formula is C15H19Cl2N3O3. The maximum absolute atomic E-state index is 11.9. The molecule has 0 radical (unpaired) electrons. The van der Waals surface area contributed by atoms with Gasteiger partial charge in [-0.15, -0.1) is 0 Å². The van der Waals surface area contributed by atoms with Crippen LogP contribution in [0.15, 0.2) is 18.2 Å². The third kappa shape index (κ3) is 7.34. The molecule has 1 rings (SSSR count). The fourth-order valence-corrected chi connectivity index (χ4v) is 2.13. The Morgan fingerprint density at radius 3 is 2.30 bits per heavy atom. The van der Waals surface area contributed by atoms with E-state index in [0.717, 1.165) is 12.8 Å². The molecule has 0 fully saturated rings. The van der Waals surface area contributed by atoms with E-state index >= 15 is 0 Å².